The Hall–Kier alpha value is -1.38. The van der Waals surface area contributed by atoms with E-state index in [0.29, 0.717) is 6.54 Å². The first-order valence-corrected chi connectivity index (χ1v) is 7.91. The fourth-order valence-electron chi connectivity index (χ4n) is 5.47. The van der Waals surface area contributed by atoms with Gasteiger partial charge in [0.1, 0.15) is 0 Å². The van der Waals surface area contributed by atoms with Crippen molar-refractivity contribution in [1.82, 2.24) is 0 Å². The minimum atomic E-state index is 0.138. The van der Waals surface area contributed by atoms with Crippen molar-refractivity contribution >= 4 is 5.71 Å². The van der Waals surface area contributed by atoms with Gasteiger partial charge in [-0.15, -0.1) is 0 Å². The largest absolute Gasteiger partial charge is 0.792 e. The molecule has 1 aromatic heterocycles. The summed E-state index contributed by atoms with van der Waals surface area (Å²) in [5, 5.41) is 15.0. The zero-order valence-electron chi connectivity index (χ0n) is 11.9. The van der Waals surface area contributed by atoms with Crippen molar-refractivity contribution in [3.8, 4) is 0 Å². The third-order valence-corrected chi connectivity index (χ3v) is 5.87. The van der Waals surface area contributed by atoms with Crippen LogP contribution in [0.5, 0.6) is 0 Å². The van der Waals surface area contributed by atoms with Crippen LogP contribution in [0.15, 0.2) is 35.7 Å². The Balaban J connectivity index is 1.62. The molecule has 3 heteroatoms. The molecule has 5 rings (SSSR count). The van der Waals surface area contributed by atoms with Crippen molar-refractivity contribution < 1.29 is 4.57 Å². The summed E-state index contributed by atoms with van der Waals surface area (Å²) in [5.41, 5.74) is 1.05. The number of nitrogens with zero attached hydrogens (tertiary/aromatic N) is 2. The highest BCUT2D eigenvalue weighted by atomic mass is 16.4. The van der Waals surface area contributed by atoms with Gasteiger partial charge in [-0.25, -0.2) is 0 Å². The van der Waals surface area contributed by atoms with Gasteiger partial charge in [0, 0.05) is 17.5 Å². The SMILES string of the molecule is [O-]/N=C(\C[n+]1ccccc1)C12CC3CC(CC(C3)C1)C2. The van der Waals surface area contributed by atoms with Crippen LogP contribution in [0.3, 0.4) is 0 Å². The fraction of sp³-hybridized carbons (Fsp3) is 0.647. The van der Waals surface area contributed by atoms with E-state index in [9.17, 15) is 5.21 Å². The van der Waals surface area contributed by atoms with Crippen LogP contribution in [0, 0.1) is 28.4 Å². The third kappa shape index (κ3) is 1.95. The predicted molar refractivity (Wildman–Crippen MR) is 78.0 cm³/mol. The van der Waals surface area contributed by atoms with Crippen molar-refractivity contribution in [3.63, 3.8) is 0 Å². The van der Waals surface area contributed by atoms with Crippen LogP contribution < -0.4 is 4.57 Å². The lowest BCUT2D eigenvalue weighted by molar-refractivity contribution is -0.682. The molecule has 0 aromatic carbocycles. The molecule has 1 heterocycles. The van der Waals surface area contributed by atoms with Gasteiger partial charge in [-0.1, -0.05) is 6.07 Å². The molecule has 4 fully saturated rings. The first-order chi connectivity index (χ1) is 9.77. The molecule has 0 radical (unpaired) electrons. The zero-order valence-corrected chi connectivity index (χ0v) is 11.9. The van der Waals surface area contributed by atoms with Gasteiger partial charge in [-0.3, -0.25) is 0 Å². The second-order valence-corrected chi connectivity index (χ2v) is 7.28. The number of pyridine rings is 1. The van der Waals surface area contributed by atoms with Crippen molar-refractivity contribution in [2.75, 3.05) is 0 Å². The average Bonchev–Trinajstić information content (AvgIpc) is 2.44. The number of rotatable bonds is 3. The van der Waals surface area contributed by atoms with Gasteiger partial charge >= 0.3 is 0 Å². The summed E-state index contributed by atoms with van der Waals surface area (Å²) in [6, 6.07) is 6.04. The van der Waals surface area contributed by atoms with E-state index >= 15 is 0 Å². The van der Waals surface area contributed by atoms with Crippen LogP contribution in [0.2, 0.25) is 0 Å². The Kier molecular flexibility index (Phi) is 2.83. The molecular formula is C17H22N2O. The third-order valence-electron chi connectivity index (χ3n) is 5.87. The van der Waals surface area contributed by atoms with E-state index in [-0.39, 0.29) is 5.41 Å². The summed E-state index contributed by atoms with van der Waals surface area (Å²) in [4.78, 5) is 0. The maximum Gasteiger partial charge on any atom is 0.186 e. The van der Waals surface area contributed by atoms with Crippen LogP contribution >= 0.6 is 0 Å². The number of hydrogen-bond donors (Lipinski definition) is 0. The Morgan fingerprint density at radius 2 is 1.55 bits per heavy atom. The monoisotopic (exact) mass is 270 g/mol. The van der Waals surface area contributed by atoms with Gasteiger partial charge in [-0.2, -0.15) is 4.57 Å². The molecule has 0 atom stereocenters. The topological polar surface area (TPSA) is 39.3 Å². The molecule has 0 saturated heterocycles. The lowest BCUT2D eigenvalue weighted by Crippen LogP contribution is -2.53. The maximum atomic E-state index is 11.5. The van der Waals surface area contributed by atoms with E-state index in [0.717, 1.165) is 23.5 Å². The Morgan fingerprint density at radius 3 is 2.05 bits per heavy atom. The Morgan fingerprint density at radius 1 is 1.00 bits per heavy atom. The molecule has 0 amide bonds. The van der Waals surface area contributed by atoms with Gasteiger partial charge in [-0.05, 0) is 56.3 Å². The molecule has 0 unspecified atom stereocenters. The van der Waals surface area contributed by atoms with Crippen molar-refractivity contribution in [1.29, 1.82) is 0 Å². The van der Waals surface area contributed by atoms with E-state index in [1.165, 1.54) is 38.5 Å². The maximum absolute atomic E-state index is 11.5. The van der Waals surface area contributed by atoms with Crippen molar-refractivity contribution in [3.05, 3.63) is 35.8 Å². The summed E-state index contributed by atoms with van der Waals surface area (Å²) in [6.45, 7) is 0.677. The van der Waals surface area contributed by atoms with E-state index in [1.54, 1.807) is 0 Å². The van der Waals surface area contributed by atoms with E-state index in [2.05, 4.69) is 9.72 Å². The van der Waals surface area contributed by atoms with E-state index in [4.69, 9.17) is 0 Å². The van der Waals surface area contributed by atoms with Gasteiger partial charge in [0.05, 0.1) is 5.71 Å². The molecular weight excluding hydrogens is 248 g/mol. The lowest BCUT2D eigenvalue weighted by Gasteiger charge is -2.56. The minimum absolute atomic E-state index is 0.138. The lowest BCUT2D eigenvalue weighted by atomic mass is 9.48. The molecule has 0 aliphatic heterocycles. The molecule has 4 bridgehead atoms. The Bertz CT molecular complexity index is 488. The van der Waals surface area contributed by atoms with Crippen molar-refractivity contribution in [2.24, 2.45) is 28.3 Å². The molecule has 4 saturated carbocycles. The van der Waals surface area contributed by atoms with Crippen molar-refractivity contribution in [2.45, 2.75) is 45.1 Å². The van der Waals surface area contributed by atoms with Gasteiger partial charge < -0.3 is 10.4 Å². The number of hydrogen-bond acceptors (Lipinski definition) is 2. The Labute approximate surface area is 120 Å². The first kappa shape index (κ1) is 12.4. The highest BCUT2D eigenvalue weighted by Crippen LogP contribution is 2.60. The average molecular weight is 270 g/mol. The number of aromatic nitrogens is 1. The molecule has 106 valence electrons. The fourth-order valence-corrected chi connectivity index (χ4v) is 5.47. The van der Waals surface area contributed by atoms with Gasteiger partial charge in [0.25, 0.3) is 0 Å². The van der Waals surface area contributed by atoms with Crippen LogP contribution in [0.1, 0.15) is 38.5 Å². The summed E-state index contributed by atoms with van der Waals surface area (Å²) >= 11 is 0. The summed E-state index contributed by atoms with van der Waals surface area (Å²) in [5.74, 6) is 2.58. The normalized spacial score (nSPS) is 39.2. The summed E-state index contributed by atoms with van der Waals surface area (Å²) < 4.78 is 2.09. The second kappa shape index (κ2) is 4.57. The molecule has 4 aliphatic rings. The van der Waals surface area contributed by atoms with Crippen LogP contribution in [0.4, 0.5) is 0 Å². The smallest absolute Gasteiger partial charge is 0.186 e. The second-order valence-electron chi connectivity index (χ2n) is 7.28. The molecule has 20 heavy (non-hydrogen) atoms. The van der Waals surface area contributed by atoms with Gasteiger partial charge in [0.2, 0.25) is 0 Å². The standard InChI is InChI=1S/C17H22N2O/c20-18-16(12-19-4-2-1-3-5-19)17-9-13-6-14(10-17)8-15(7-13)11-17/h1-5,13-15H,6-12H2/b18-16+. The molecule has 1 aromatic rings. The van der Waals surface area contributed by atoms with Gasteiger partial charge in [0.15, 0.2) is 18.9 Å². The highest BCUT2D eigenvalue weighted by molar-refractivity contribution is 5.89. The van der Waals surface area contributed by atoms with E-state index in [1.807, 2.05) is 30.6 Å². The highest BCUT2D eigenvalue weighted by Gasteiger charge is 2.53. The predicted octanol–water partition coefficient (Wildman–Crippen LogP) is 3.13. The van der Waals surface area contributed by atoms with Crippen LogP contribution in [-0.2, 0) is 6.54 Å². The summed E-state index contributed by atoms with van der Waals surface area (Å²) in [7, 11) is 0. The first-order valence-electron chi connectivity index (χ1n) is 7.91. The van der Waals surface area contributed by atoms with Crippen LogP contribution in [0.25, 0.3) is 0 Å². The quantitative estimate of drug-likeness (QED) is 0.472. The molecule has 0 spiro atoms. The van der Waals surface area contributed by atoms with Crippen LogP contribution in [-0.4, -0.2) is 5.71 Å². The molecule has 3 nitrogen and oxygen atoms in total. The summed E-state index contributed by atoms with van der Waals surface area (Å²) in [6.07, 6.45) is 11.9. The van der Waals surface area contributed by atoms with E-state index < -0.39 is 0 Å². The molecule has 0 N–H and O–H groups in total. The molecule has 4 aliphatic carbocycles. The zero-order chi connectivity index (χ0) is 13.6. The minimum Gasteiger partial charge on any atom is -0.792 e.